The molecule has 4 aromatic rings. The van der Waals surface area contributed by atoms with Gasteiger partial charge in [-0.1, -0.05) is 50.3 Å². The number of rotatable bonds is 15. The Morgan fingerprint density at radius 2 is 1.45 bits per heavy atom. The Balaban J connectivity index is 0.00000346. The molecule has 0 bridgehead atoms. The predicted octanol–water partition coefficient (Wildman–Crippen LogP) is -2.76. The fourth-order valence-electron chi connectivity index (χ4n) is 9.44. The van der Waals surface area contributed by atoms with Crippen molar-refractivity contribution in [3.05, 3.63) is 109 Å². The van der Waals surface area contributed by atoms with Crippen molar-refractivity contribution in [2.24, 2.45) is 0 Å². The van der Waals surface area contributed by atoms with Crippen LogP contribution in [0.1, 0.15) is 77.8 Å². The van der Waals surface area contributed by atoms with E-state index in [0.29, 0.717) is 47.3 Å². The fourth-order valence-corrected chi connectivity index (χ4v) is 12.2. The van der Waals surface area contributed by atoms with Crippen LogP contribution in [-0.4, -0.2) is 98.5 Å². The van der Waals surface area contributed by atoms with Crippen LogP contribution in [0.3, 0.4) is 0 Å². The summed E-state index contributed by atoms with van der Waals surface area (Å²) < 4.78 is 105. The van der Waals surface area contributed by atoms with Gasteiger partial charge in [0.2, 0.25) is 15.7 Å². The SMILES string of the molecule is [CH2-]CC[N+]1=C(/C=C/C=C/C=C2/N(CC)c3ccc4c(S(=O)(=O)N(C)CCCC(=O)ON5C(=O)CCC5=O)cccc4c3C2(C)C)C(C)(C)c2c1ccc1c(S(=O)(=O)[O-])cc(S(=O)(=O)[O-])cc21.[Na+].[Na+].[Na+]. The van der Waals surface area contributed by atoms with E-state index in [1.165, 1.54) is 17.4 Å². The zero-order chi connectivity index (χ0) is 48.3. The molecule has 16 nitrogen and oxygen atoms in total. The van der Waals surface area contributed by atoms with E-state index in [1.807, 2.05) is 67.9 Å². The van der Waals surface area contributed by atoms with E-state index in [0.717, 1.165) is 34.1 Å². The van der Waals surface area contributed by atoms with E-state index in [4.69, 9.17) is 4.84 Å². The molecule has 3 heterocycles. The van der Waals surface area contributed by atoms with Gasteiger partial charge in [0, 0.05) is 84.7 Å². The quantitative estimate of drug-likeness (QED) is 0.0295. The maximum Gasteiger partial charge on any atom is 1.00 e. The van der Waals surface area contributed by atoms with Crippen molar-refractivity contribution in [3.8, 4) is 0 Å². The first-order valence-corrected chi connectivity index (χ1v) is 25.5. The summed E-state index contributed by atoms with van der Waals surface area (Å²) in [6.07, 6.45) is 9.83. The molecule has 0 saturated carbocycles. The molecule has 22 heteroatoms. The first kappa shape index (κ1) is 59.0. The van der Waals surface area contributed by atoms with Gasteiger partial charge in [0.15, 0.2) is 5.71 Å². The predicted molar refractivity (Wildman–Crippen MR) is 245 cm³/mol. The summed E-state index contributed by atoms with van der Waals surface area (Å²) >= 11 is 0. The number of hydrogen-bond acceptors (Lipinski definition) is 13. The van der Waals surface area contributed by atoms with Crippen molar-refractivity contribution in [2.45, 2.75) is 92.2 Å². The van der Waals surface area contributed by atoms with Crippen molar-refractivity contribution >= 4 is 86.7 Å². The van der Waals surface area contributed by atoms with Gasteiger partial charge >= 0.3 is 94.6 Å². The molecule has 3 aliphatic heterocycles. The van der Waals surface area contributed by atoms with Gasteiger partial charge in [-0.15, -0.1) is 11.5 Å². The van der Waals surface area contributed by atoms with Crippen LogP contribution in [0.2, 0.25) is 0 Å². The molecule has 4 aromatic carbocycles. The fraction of sp³-hybridized carbons (Fsp3) is 0.340. The van der Waals surface area contributed by atoms with Crippen LogP contribution in [0.25, 0.3) is 21.5 Å². The molecule has 2 amide bonds. The molecule has 3 aliphatic rings. The Kier molecular flexibility index (Phi) is 19.0. The number of sulfonamides is 1. The number of carbonyl (C=O) groups excluding carboxylic acids is 3. The molecule has 1 fully saturated rings. The smallest absolute Gasteiger partial charge is 0.744 e. The molecule has 7 rings (SSSR count). The average molecular weight is 1030 g/mol. The van der Waals surface area contributed by atoms with Crippen molar-refractivity contribution < 1.29 is 147 Å². The van der Waals surface area contributed by atoms with Gasteiger partial charge in [-0.3, -0.25) is 9.59 Å². The minimum absolute atomic E-state index is 0. The molecule has 1 saturated heterocycles. The van der Waals surface area contributed by atoms with Crippen LogP contribution >= 0.6 is 0 Å². The third kappa shape index (κ3) is 11.2. The number of hydroxylamine groups is 2. The molecule has 350 valence electrons. The first-order chi connectivity index (χ1) is 30.9. The Labute approximate surface area is 470 Å². The van der Waals surface area contributed by atoms with E-state index >= 15 is 0 Å². The molecule has 0 radical (unpaired) electrons. The number of amides is 2. The standard InChI is InChI=1S/C47H52N4O12S3.3Na/c1-8-26-50-36-23-21-32-34(28-30(65(57,58)59)29-38(32)66(60,61)62)45(36)47(5,6)40(50)18-12-10-11-17-39-46(3,4)44-33-15-13-16-37(31(33)20-22-35(44)49(39)9-2)64(55,56)48(7)27-14-19-43(54)63-51-41(52)24-25-42(51)53;;;/h10-13,15-18,20-23,28-29H,1,8-9,14,19,24-27H2,2-7H3,(H,57,58,59)(H,60,61,62);;;/q;3*+1/p-2. The monoisotopic (exact) mass is 1030 g/mol. The Bertz CT molecular complexity index is 3210. The molecule has 0 atom stereocenters. The zero-order valence-electron chi connectivity index (χ0n) is 40.4. The summed E-state index contributed by atoms with van der Waals surface area (Å²) in [5.41, 5.74) is 3.40. The van der Waals surface area contributed by atoms with Crippen LogP contribution in [0.4, 0.5) is 11.4 Å². The van der Waals surface area contributed by atoms with E-state index in [1.54, 1.807) is 24.3 Å². The topological polar surface area (TPSA) is 222 Å². The van der Waals surface area contributed by atoms with Crippen LogP contribution < -0.4 is 93.6 Å². The summed E-state index contributed by atoms with van der Waals surface area (Å²) in [7, 11) is -12.9. The zero-order valence-corrected chi connectivity index (χ0v) is 48.8. The van der Waals surface area contributed by atoms with Crippen molar-refractivity contribution in [3.63, 3.8) is 0 Å². The molecule has 0 spiro atoms. The number of hydrogen-bond donors (Lipinski definition) is 0. The molecule has 0 aromatic heterocycles. The number of imide groups is 1. The molecular weight excluding hydrogens is 978 g/mol. The number of allylic oxidation sites excluding steroid dienone is 6. The minimum Gasteiger partial charge on any atom is -0.744 e. The third-order valence-corrected chi connectivity index (χ3v) is 16.1. The van der Waals surface area contributed by atoms with E-state index in [-0.39, 0.29) is 137 Å². The van der Waals surface area contributed by atoms with Gasteiger partial charge in [-0.2, -0.15) is 4.58 Å². The van der Waals surface area contributed by atoms with Crippen LogP contribution in [0.15, 0.2) is 105 Å². The molecule has 0 N–H and O–H groups in total. The minimum atomic E-state index is -5.16. The normalized spacial score (nSPS) is 17.3. The first-order valence-electron chi connectivity index (χ1n) is 21.3. The van der Waals surface area contributed by atoms with Gasteiger partial charge in [-0.25, -0.2) is 34.4 Å². The number of benzene rings is 4. The number of carbonyl (C=O) groups is 3. The molecule has 0 unspecified atom stereocenters. The Hall–Kier alpha value is -2.57. The Morgan fingerprint density at radius 3 is 2.06 bits per heavy atom. The summed E-state index contributed by atoms with van der Waals surface area (Å²) in [4.78, 5) is 41.6. The molecule has 0 aliphatic carbocycles. The summed E-state index contributed by atoms with van der Waals surface area (Å²) in [6.45, 7) is 15.0. The molecular formula is C47H50N4Na3O12S3+. The van der Waals surface area contributed by atoms with Gasteiger partial charge in [-0.05, 0) is 79.9 Å². The van der Waals surface area contributed by atoms with E-state index < -0.39 is 68.7 Å². The number of nitrogens with zero attached hydrogens (tertiary/aromatic N) is 4. The summed E-state index contributed by atoms with van der Waals surface area (Å²) in [5.74, 6) is -2.00. The van der Waals surface area contributed by atoms with Gasteiger partial charge in [0.05, 0.1) is 20.1 Å². The third-order valence-electron chi connectivity index (χ3n) is 12.5. The Morgan fingerprint density at radius 1 is 0.812 bits per heavy atom. The summed E-state index contributed by atoms with van der Waals surface area (Å²) in [6, 6.07) is 13.8. The largest absolute Gasteiger partial charge is 1.00 e. The average Bonchev–Trinajstić information content (AvgIpc) is 3.76. The van der Waals surface area contributed by atoms with Gasteiger partial charge in [0.1, 0.15) is 26.8 Å². The number of fused-ring (bicyclic) bond motifs is 6. The van der Waals surface area contributed by atoms with Crippen molar-refractivity contribution in [1.82, 2.24) is 9.37 Å². The van der Waals surface area contributed by atoms with Crippen molar-refractivity contribution in [2.75, 3.05) is 31.6 Å². The van der Waals surface area contributed by atoms with Gasteiger partial charge in [0.25, 0.3) is 11.8 Å². The van der Waals surface area contributed by atoms with E-state index in [2.05, 4.69) is 25.7 Å². The second kappa shape index (κ2) is 22.3. The van der Waals surface area contributed by atoms with Crippen LogP contribution in [-0.2, 0) is 60.3 Å². The van der Waals surface area contributed by atoms with Gasteiger partial charge < -0.3 is 25.8 Å². The second-order valence-corrected chi connectivity index (χ2v) is 22.1. The molecule has 69 heavy (non-hydrogen) atoms. The van der Waals surface area contributed by atoms with Crippen LogP contribution in [0.5, 0.6) is 0 Å². The van der Waals surface area contributed by atoms with Crippen molar-refractivity contribution in [1.29, 1.82) is 0 Å². The second-order valence-electron chi connectivity index (χ2n) is 17.4. The number of anilines is 1. The van der Waals surface area contributed by atoms with Crippen LogP contribution in [0, 0.1) is 6.92 Å². The summed E-state index contributed by atoms with van der Waals surface area (Å²) in [5, 5.41) is 1.94. The number of likely N-dealkylation sites (N-methyl/N-ethyl adjacent to an activating group) is 1. The van der Waals surface area contributed by atoms with E-state index in [9.17, 15) is 48.7 Å². The maximum absolute atomic E-state index is 14.0. The maximum atomic E-state index is 14.0.